The second-order valence-corrected chi connectivity index (χ2v) is 4.00. The van der Waals surface area contributed by atoms with Gasteiger partial charge in [-0.2, -0.15) is 0 Å². The molecule has 1 aliphatic heterocycles. The van der Waals surface area contributed by atoms with Crippen LogP contribution in [0.2, 0.25) is 0 Å². The third kappa shape index (κ3) is 1.95. The monoisotopic (exact) mass is 228 g/mol. The standard InChI is InChI=1S/C11H14F2N2O/c1-15(2)11-9(16-7-5-14-6-7)4-3-8(12)10(11)13/h3-4,7,14H,5-6H2,1-2H3. The van der Waals surface area contributed by atoms with Crippen LogP contribution in [-0.2, 0) is 0 Å². The molecular formula is C11H14F2N2O. The first kappa shape index (κ1) is 11.1. The molecule has 1 N–H and O–H groups in total. The molecule has 88 valence electrons. The lowest BCUT2D eigenvalue weighted by Crippen LogP contribution is -2.50. The number of nitrogens with one attached hydrogen (secondary N) is 1. The predicted octanol–water partition coefficient (Wildman–Crippen LogP) is 1.38. The Hall–Kier alpha value is -1.36. The second-order valence-electron chi connectivity index (χ2n) is 4.00. The highest BCUT2D eigenvalue weighted by molar-refractivity contribution is 5.59. The minimum atomic E-state index is -0.866. The molecule has 0 bridgehead atoms. The summed E-state index contributed by atoms with van der Waals surface area (Å²) in [5.41, 5.74) is 0.159. The maximum absolute atomic E-state index is 13.6. The molecule has 0 radical (unpaired) electrons. The molecule has 3 nitrogen and oxygen atoms in total. The van der Waals surface area contributed by atoms with Gasteiger partial charge in [0.2, 0.25) is 0 Å². The van der Waals surface area contributed by atoms with E-state index in [4.69, 9.17) is 4.74 Å². The summed E-state index contributed by atoms with van der Waals surface area (Å²) in [6.45, 7) is 1.48. The van der Waals surface area contributed by atoms with Crippen molar-refractivity contribution in [3.05, 3.63) is 23.8 Å². The average Bonchev–Trinajstić information content (AvgIpc) is 2.16. The number of ether oxygens (including phenoxy) is 1. The summed E-state index contributed by atoms with van der Waals surface area (Å²) in [4.78, 5) is 1.51. The number of hydrogen-bond donors (Lipinski definition) is 1. The van der Waals surface area contributed by atoms with E-state index in [2.05, 4.69) is 5.32 Å². The molecule has 1 aromatic carbocycles. The fourth-order valence-corrected chi connectivity index (χ4v) is 1.56. The SMILES string of the molecule is CN(C)c1c(OC2CNC2)ccc(F)c1F. The van der Waals surface area contributed by atoms with Gasteiger partial charge in [-0.05, 0) is 12.1 Å². The molecule has 1 aliphatic rings. The third-order valence-electron chi connectivity index (χ3n) is 2.52. The minimum absolute atomic E-state index is 0.0450. The Bertz CT molecular complexity index is 392. The van der Waals surface area contributed by atoms with Gasteiger partial charge in [0.05, 0.1) is 0 Å². The molecule has 1 heterocycles. The van der Waals surface area contributed by atoms with Gasteiger partial charge < -0.3 is 15.0 Å². The lowest BCUT2D eigenvalue weighted by molar-refractivity contribution is 0.142. The Labute approximate surface area is 93.0 Å². The van der Waals surface area contributed by atoms with Crippen LogP contribution in [0.5, 0.6) is 5.75 Å². The lowest BCUT2D eigenvalue weighted by atomic mass is 10.2. The van der Waals surface area contributed by atoms with Crippen LogP contribution < -0.4 is 15.0 Å². The van der Waals surface area contributed by atoms with Crippen LogP contribution in [0, 0.1) is 11.6 Å². The zero-order chi connectivity index (χ0) is 11.7. The molecule has 1 saturated heterocycles. The fraction of sp³-hybridized carbons (Fsp3) is 0.455. The van der Waals surface area contributed by atoms with Crippen LogP contribution in [0.25, 0.3) is 0 Å². The minimum Gasteiger partial charge on any atom is -0.485 e. The van der Waals surface area contributed by atoms with Crippen LogP contribution in [0.15, 0.2) is 12.1 Å². The molecule has 1 aromatic rings. The van der Waals surface area contributed by atoms with E-state index in [1.165, 1.54) is 11.0 Å². The molecule has 0 spiro atoms. The summed E-state index contributed by atoms with van der Waals surface area (Å²) in [5.74, 6) is -1.34. The summed E-state index contributed by atoms with van der Waals surface area (Å²) in [5, 5.41) is 3.05. The summed E-state index contributed by atoms with van der Waals surface area (Å²) in [7, 11) is 3.31. The maximum atomic E-state index is 13.6. The Morgan fingerprint density at radius 3 is 2.50 bits per heavy atom. The Kier molecular flexibility index (Phi) is 2.96. The Balaban J connectivity index is 2.31. The molecule has 0 atom stereocenters. The Morgan fingerprint density at radius 2 is 2.00 bits per heavy atom. The van der Waals surface area contributed by atoms with Crippen molar-refractivity contribution >= 4 is 5.69 Å². The molecule has 0 aliphatic carbocycles. The van der Waals surface area contributed by atoms with Gasteiger partial charge in [0, 0.05) is 27.2 Å². The molecule has 2 rings (SSSR count). The zero-order valence-corrected chi connectivity index (χ0v) is 9.26. The normalized spacial score (nSPS) is 15.8. The smallest absolute Gasteiger partial charge is 0.185 e. The summed E-state index contributed by atoms with van der Waals surface area (Å²) < 4.78 is 32.2. The maximum Gasteiger partial charge on any atom is 0.185 e. The van der Waals surface area contributed by atoms with Crippen molar-refractivity contribution in [1.29, 1.82) is 0 Å². The number of anilines is 1. The third-order valence-corrected chi connectivity index (χ3v) is 2.52. The van der Waals surface area contributed by atoms with Crippen molar-refractivity contribution in [2.24, 2.45) is 0 Å². The second kappa shape index (κ2) is 4.25. The molecule has 16 heavy (non-hydrogen) atoms. The largest absolute Gasteiger partial charge is 0.485 e. The van der Waals surface area contributed by atoms with Crippen molar-refractivity contribution in [3.63, 3.8) is 0 Å². The van der Waals surface area contributed by atoms with Crippen LogP contribution in [0.1, 0.15) is 0 Å². The van der Waals surface area contributed by atoms with Gasteiger partial charge in [-0.3, -0.25) is 0 Å². The number of benzene rings is 1. The van der Waals surface area contributed by atoms with Crippen molar-refractivity contribution < 1.29 is 13.5 Å². The highest BCUT2D eigenvalue weighted by atomic mass is 19.2. The molecule has 0 saturated carbocycles. The van der Waals surface area contributed by atoms with Crippen LogP contribution in [0.4, 0.5) is 14.5 Å². The zero-order valence-electron chi connectivity index (χ0n) is 9.26. The van der Waals surface area contributed by atoms with Crippen LogP contribution in [0.3, 0.4) is 0 Å². The van der Waals surface area contributed by atoms with E-state index in [1.807, 2.05) is 0 Å². The van der Waals surface area contributed by atoms with E-state index in [1.54, 1.807) is 14.1 Å². The highest BCUT2D eigenvalue weighted by Gasteiger charge is 2.23. The fourth-order valence-electron chi connectivity index (χ4n) is 1.56. The summed E-state index contributed by atoms with van der Waals surface area (Å²) in [6, 6.07) is 2.55. The molecule has 1 fully saturated rings. The quantitative estimate of drug-likeness (QED) is 0.846. The highest BCUT2D eigenvalue weighted by Crippen LogP contribution is 2.32. The summed E-state index contributed by atoms with van der Waals surface area (Å²) in [6.07, 6.45) is 0.0450. The van der Waals surface area contributed by atoms with Crippen molar-refractivity contribution in [3.8, 4) is 5.75 Å². The Morgan fingerprint density at radius 1 is 1.31 bits per heavy atom. The van der Waals surface area contributed by atoms with Crippen molar-refractivity contribution in [1.82, 2.24) is 5.32 Å². The van der Waals surface area contributed by atoms with Gasteiger partial charge in [0.1, 0.15) is 17.5 Å². The first-order valence-corrected chi connectivity index (χ1v) is 5.12. The van der Waals surface area contributed by atoms with Crippen molar-refractivity contribution in [2.75, 3.05) is 32.1 Å². The van der Waals surface area contributed by atoms with E-state index in [9.17, 15) is 8.78 Å². The topological polar surface area (TPSA) is 24.5 Å². The van der Waals surface area contributed by atoms with Gasteiger partial charge in [0.25, 0.3) is 0 Å². The molecular weight excluding hydrogens is 214 g/mol. The predicted molar refractivity (Wildman–Crippen MR) is 58.0 cm³/mol. The van der Waals surface area contributed by atoms with Gasteiger partial charge in [-0.25, -0.2) is 8.78 Å². The number of rotatable bonds is 3. The van der Waals surface area contributed by atoms with E-state index in [0.717, 1.165) is 19.2 Å². The molecule has 0 amide bonds. The number of hydrogen-bond acceptors (Lipinski definition) is 3. The van der Waals surface area contributed by atoms with E-state index in [0.29, 0.717) is 5.75 Å². The van der Waals surface area contributed by atoms with E-state index in [-0.39, 0.29) is 11.8 Å². The van der Waals surface area contributed by atoms with Gasteiger partial charge in [0.15, 0.2) is 11.6 Å². The summed E-state index contributed by atoms with van der Waals surface area (Å²) >= 11 is 0. The number of nitrogens with zero attached hydrogens (tertiary/aromatic N) is 1. The van der Waals surface area contributed by atoms with E-state index < -0.39 is 11.6 Å². The first-order valence-electron chi connectivity index (χ1n) is 5.12. The molecule has 0 unspecified atom stereocenters. The van der Waals surface area contributed by atoms with E-state index >= 15 is 0 Å². The van der Waals surface area contributed by atoms with Gasteiger partial charge in [-0.1, -0.05) is 0 Å². The van der Waals surface area contributed by atoms with Gasteiger partial charge in [-0.15, -0.1) is 0 Å². The lowest BCUT2D eigenvalue weighted by Gasteiger charge is -2.29. The number of halogens is 2. The average molecular weight is 228 g/mol. The van der Waals surface area contributed by atoms with Gasteiger partial charge >= 0.3 is 0 Å². The van der Waals surface area contributed by atoms with Crippen molar-refractivity contribution in [2.45, 2.75) is 6.10 Å². The molecule has 0 aromatic heterocycles. The molecule has 5 heteroatoms. The van der Waals surface area contributed by atoms with Crippen LogP contribution >= 0.6 is 0 Å². The first-order chi connectivity index (χ1) is 7.59. The van der Waals surface area contributed by atoms with Crippen LogP contribution in [-0.4, -0.2) is 33.3 Å².